The topological polar surface area (TPSA) is 70.4 Å². The van der Waals surface area contributed by atoms with Gasteiger partial charge < -0.3 is 9.64 Å². The van der Waals surface area contributed by atoms with Crippen LogP contribution >= 0.6 is 0 Å². The first-order chi connectivity index (χ1) is 12.7. The van der Waals surface area contributed by atoms with Crippen LogP contribution in [0.4, 0.5) is 5.69 Å². The molecule has 0 bridgehead atoms. The number of amides is 1. The fraction of sp³-hybridized carbons (Fsp3) is 0.286. The van der Waals surface area contributed by atoms with Gasteiger partial charge in [-0.15, -0.1) is 0 Å². The predicted molar refractivity (Wildman–Crippen MR) is 98.1 cm³/mol. The van der Waals surface area contributed by atoms with Crippen molar-refractivity contribution >= 4 is 17.4 Å². The molecule has 2 aromatic rings. The van der Waals surface area contributed by atoms with Crippen LogP contribution in [0, 0.1) is 11.3 Å². The van der Waals surface area contributed by atoms with E-state index in [9.17, 15) is 9.59 Å². The van der Waals surface area contributed by atoms with Crippen molar-refractivity contribution in [2.24, 2.45) is 0 Å². The van der Waals surface area contributed by atoms with E-state index in [1.54, 1.807) is 0 Å². The Bertz CT molecular complexity index is 900. The number of hydrogen-bond acceptors (Lipinski definition) is 4. The Labute approximate surface area is 152 Å². The van der Waals surface area contributed by atoms with Gasteiger partial charge in [0.1, 0.15) is 17.8 Å². The van der Waals surface area contributed by atoms with Gasteiger partial charge in [0.05, 0.1) is 19.0 Å². The molecule has 26 heavy (non-hydrogen) atoms. The number of fused-ring (bicyclic) bond motifs is 4. The van der Waals surface area contributed by atoms with E-state index in [1.807, 2.05) is 68.4 Å². The lowest BCUT2D eigenvalue weighted by Crippen LogP contribution is -2.44. The van der Waals surface area contributed by atoms with E-state index in [4.69, 9.17) is 10.00 Å². The van der Waals surface area contributed by atoms with E-state index in [1.165, 1.54) is 4.90 Å². The van der Waals surface area contributed by atoms with Gasteiger partial charge >= 0.3 is 0 Å². The first kappa shape index (κ1) is 17.7. The summed E-state index contributed by atoms with van der Waals surface area (Å²) < 4.78 is 5.78. The van der Waals surface area contributed by atoms with Gasteiger partial charge in [-0.2, -0.15) is 5.26 Å². The van der Waals surface area contributed by atoms with Crippen molar-refractivity contribution in [3.63, 3.8) is 0 Å². The summed E-state index contributed by atoms with van der Waals surface area (Å²) in [5.74, 6) is 0.260. The predicted octanol–water partition coefficient (Wildman–Crippen LogP) is 3.22. The smallest absolute Gasteiger partial charge is 0.246 e. The number of para-hydroxylation sites is 2. The molecule has 0 aromatic heterocycles. The molecule has 0 saturated heterocycles. The molecule has 1 unspecified atom stereocenters. The van der Waals surface area contributed by atoms with E-state index in [2.05, 4.69) is 0 Å². The number of anilines is 1. The van der Waals surface area contributed by atoms with Crippen LogP contribution in [0.3, 0.4) is 0 Å². The maximum absolute atomic E-state index is 13.3. The number of Topliss-reactive ketones (excluding diaryl/α,β-unsaturated/α-hetero) is 1. The third-order valence-electron chi connectivity index (χ3n) is 4.67. The van der Waals surface area contributed by atoms with Crippen LogP contribution in [0.25, 0.3) is 0 Å². The number of ether oxygens (including phenoxy) is 1. The molecule has 2 aliphatic rings. The Morgan fingerprint density at radius 1 is 1.15 bits per heavy atom. The van der Waals surface area contributed by atoms with Crippen LogP contribution in [-0.4, -0.2) is 24.8 Å². The Hall–Kier alpha value is -3.13. The third kappa shape index (κ3) is 2.46. The first-order valence-corrected chi connectivity index (χ1v) is 8.71. The molecule has 1 spiro atoms. The van der Waals surface area contributed by atoms with Crippen molar-refractivity contribution in [3.8, 4) is 11.8 Å². The van der Waals surface area contributed by atoms with Gasteiger partial charge in [0.25, 0.3) is 0 Å². The maximum Gasteiger partial charge on any atom is 0.246 e. The highest BCUT2D eigenvalue weighted by Gasteiger charge is 2.56. The van der Waals surface area contributed by atoms with Gasteiger partial charge in [-0.05, 0) is 17.7 Å². The number of nitriles is 1. The van der Waals surface area contributed by atoms with Crippen molar-refractivity contribution in [1.82, 2.24) is 0 Å². The van der Waals surface area contributed by atoms with E-state index in [0.717, 1.165) is 11.1 Å². The molecule has 0 fully saturated rings. The zero-order valence-electron chi connectivity index (χ0n) is 14.9. The number of carbonyl (C=O) groups excluding carboxylic acids is 2. The lowest BCUT2D eigenvalue weighted by Gasteiger charge is -2.22. The summed E-state index contributed by atoms with van der Waals surface area (Å²) in [7, 11) is 0. The lowest BCUT2D eigenvalue weighted by molar-refractivity contribution is -0.124. The number of hydrogen-bond donors (Lipinski definition) is 0. The van der Waals surface area contributed by atoms with E-state index in [-0.39, 0.29) is 31.3 Å². The van der Waals surface area contributed by atoms with Crippen LogP contribution < -0.4 is 9.64 Å². The molecular formula is C21H20N2O3. The van der Waals surface area contributed by atoms with Crippen molar-refractivity contribution in [1.29, 1.82) is 5.26 Å². The SMILES string of the molecule is CC.N#CCC(=O)CN1C(=O)C2(COc3ccccc32)c2ccccc21. The lowest BCUT2D eigenvalue weighted by atomic mass is 9.77. The maximum atomic E-state index is 13.3. The first-order valence-electron chi connectivity index (χ1n) is 8.71. The van der Waals surface area contributed by atoms with Crippen LogP contribution in [0.2, 0.25) is 0 Å². The summed E-state index contributed by atoms with van der Waals surface area (Å²) >= 11 is 0. The summed E-state index contributed by atoms with van der Waals surface area (Å²) in [6, 6.07) is 16.8. The molecule has 5 nitrogen and oxygen atoms in total. The fourth-order valence-corrected chi connectivity index (χ4v) is 3.61. The minimum absolute atomic E-state index is 0.0900. The van der Waals surface area contributed by atoms with Gasteiger partial charge in [0, 0.05) is 11.3 Å². The van der Waals surface area contributed by atoms with E-state index in [0.29, 0.717) is 11.4 Å². The van der Waals surface area contributed by atoms with E-state index < -0.39 is 5.41 Å². The average Bonchev–Trinajstić information content (AvgIpc) is 3.18. The summed E-state index contributed by atoms with van der Waals surface area (Å²) in [4.78, 5) is 26.7. The largest absolute Gasteiger partial charge is 0.491 e. The summed E-state index contributed by atoms with van der Waals surface area (Å²) in [5, 5.41) is 8.71. The fourth-order valence-electron chi connectivity index (χ4n) is 3.61. The molecule has 0 aliphatic carbocycles. The number of ketones is 1. The molecule has 0 radical (unpaired) electrons. The van der Waals surface area contributed by atoms with Gasteiger partial charge in [0.15, 0.2) is 5.78 Å². The molecular weight excluding hydrogens is 328 g/mol. The normalized spacial score (nSPS) is 19.1. The van der Waals surface area contributed by atoms with Gasteiger partial charge in [-0.3, -0.25) is 9.59 Å². The quantitative estimate of drug-likeness (QED) is 0.854. The zero-order valence-corrected chi connectivity index (χ0v) is 14.9. The standard InChI is InChI=1S/C19H14N2O3.C2H6/c20-10-9-13(22)11-21-16-7-3-1-5-14(16)19(18(21)23)12-24-17-8-4-2-6-15(17)19;1-2/h1-8H,9,11-12H2;1-2H3. The van der Waals surface area contributed by atoms with Gasteiger partial charge in [-0.25, -0.2) is 0 Å². The molecule has 132 valence electrons. The highest BCUT2D eigenvalue weighted by molar-refractivity contribution is 6.13. The minimum atomic E-state index is -0.903. The highest BCUT2D eigenvalue weighted by atomic mass is 16.5. The zero-order chi connectivity index (χ0) is 18.7. The average molecular weight is 348 g/mol. The Balaban J connectivity index is 0.000000948. The third-order valence-corrected chi connectivity index (χ3v) is 4.67. The van der Waals surface area contributed by atoms with E-state index >= 15 is 0 Å². The van der Waals surface area contributed by atoms with Crippen molar-refractivity contribution in [3.05, 3.63) is 59.7 Å². The minimum Gasteiger partial charge on any atom is -0.491 e. The summed E-state index contributed by atoms with van der Waals surface area (Å²) in [6.07, 6.45) is -0.202. The van der Waals surface area contributed by atoms with Crippen LogP contribution in [0.1, 0.15) is 31.4 Å². The summed E-state index contributed by atoms with van der Waals surface area (Å²) in [5.41, 5.74) is 1.50. The number of nitrogens with zero attached hydrogens (tertiary/aromatic N) is 2. The highest BCUT2D eigenvalue weighted by Crippen LogP contribution is 2.51. The second-order valence-corrected chi connectivity index (χ2v) is 5.97. The molecule has 2 heterocycles. The second-order valence-electron chi connectivity index (χ2n) is 5.97. The van der Waals surface area contributed by atoms with Gasteiger partial charge in [-0.1, -0.05) is 50.2 Å². The number of carbonyl (C=O) groups is 2. The van der Waals surface area contributed by atoms with Crippen molar-refractivity contribution in [2.45, 2.75) is 25.7 Å². The molecule has 2 aliphatic heterocycles. The second kappa shape index (κ2) is 7.01. The Morgan fingerprint density at radius 2 is 1.81 bits per heavy atom. The van der Waals surface area contributed by atoms with Crippen LogP contribution in [0.5, 0.6) is 5.75 Å². The van der Waals surface area contributed by atoms with Crippen molar-refractivity contribution < 1.29 is 14.3 Å². The molecule has 1 atom stereocenters. The van der Waals surface area contributed by atoms with Crippen molar-refractivity contribution in [2.75, 3.05) is 18.1 Å². The molecule has 5 heteroatoms. The molecule has 4 rings (SSSR count). The molecule has 2 aromatic carbocycles. The van der Waals surface area contributed by atoms with Crippen LogP contribution in [-0.2, 0) is 15.0 Å². The van der Waals surface area contributed by atoms with Crippen LogP contribution in [0.15, 0.2) is 48.5 Å². The Morgan fingerprint density at radius 3 is 2.54 bits per heavy atom. The molecule has 0 N–H and O–H groups in total. The molecule has 0 saturated carbocycles. The summed E-state index contributed by atoms with van der Waals surface area (Å²) in [6.45, 7) is 4.14. The number of rotatable bonds is 3. The number of benzene rings is 2. The molecule has 1 amide bonds. The Kier molecular flexibility index (Phi) is 4.77. The van der Waals surface area contributed by atoms with Gasteiger partial charge in [0.2, 0.25) is 5.91 Å². The monoisotopic (exact) mass is 348 g/mol.